The average Bonchev–Trinajstić information content (AvgIpc) is 3.23. The van der Waals surface area contributed by atoms with E-state index >= 15 is 0 Å². The molecule has 0 unspecified atom stereocenters. The number of alkyl halides is 3. The van der Waals surface area contributed by atoms with Crippen LogP contribution >= 0.6 is 11.6 Å². The molecule has 0 aromatic heterocycles. The highest BCUT2D eigenvalue weighted by molar-refractivity contribution is 7.89. The molecule has 0 atom stereocenters. The van der Waals surface area contributed by atoms with Crippen molar-refractivity contribution in [3.8, 4) is 0 Å². The van der Waals surface area contributed by atoms with Gasteiger partial charge in [0.2, 0.25) is 10.0 Å². The Bertz CT molecular complexity index is 1100. The summed E-state index contributed by atoms with van der Waals surface area (Å²) in [6, 6.07) is 6.78. The molecule has 0 bridgehead atoms. The molecule has 3 rings (SSSR count). The van der Waals surface area contributed by atoms with Crippen LogP contribution in [0.1, 0.15) is 28.8 Å². The van der Waals surface area contributed by atoms with Gasteiger partial charge in [0.1, 0.15) is 4.90 Å². The highest BCUT2D eigenvalue weighted by Gasteiger charge is 2.32. The van der Waals surface area contributed by atoms with Gasteiger partial charge in [-0.2, -0.15) is 17.5 Å². The number of amides is 1. The van der Waals surface area contributed by atoms with Gasteiger partial charge >= 0.3 is 6.18 Å². The Balaban J connectivity index is 1.96. The van der Waals surface area contributed by atoms with Gasteiger partial charge < -0.3 is 10.2 Å². The number of hydrogen-bond acceptors (Lipinski definition) is 4. The molecule has 1 aliphatic rings. The van der Waals surface area contributed by atoms with Crippen LogP contribution in [-0.2, 0) is 16.2 Å². The van der Waals surface area contributed by atoms with Crippen molar-refractivity contribution in [1.82, 2.24) is 4.31 Å². The first-order valence-electron chi connectivity index (χ1n) is 9.41. The number of benzene rings is 2. The Morgan fingerprint density at radius 1 is 1.10 bits per heavy atom. The lowest BCUT2D eigenvalue weighted by molar-refractivity contribution is -0.137. The van der Waals surface area contributed by atoms with Gasteiger partial charge in [-0.25, -0.2) is 8.42 Å². The van der Waals surface area contributed by atoms with E-state index in [2.05, 4.69) is 5.32 Å². The molecule has 1 aliphatic heterocycles. The number of anilines is 2. The van der Waals surface area contributed by atoms with Crippen LogP contribution in [0.4, 0.5) is 24.5 Å². The summed E-state index contributed by atoms with van der Waals surface area (Å²) in [7, 11) is -0.629. The van der Waals surface area contributed by atoms with Crippen molar-refractivity contribution in [1.29, 1.82) is 0 Å². The normalized spacial score (nSPS) is 15.2. The molecule has 0 radical (unpaired) electrons. The second-order valence-corrected chi connectivity index (χ2v) is 9.65. The Morgan fingerprint density at radius 3 is 2.32 bits per heavy atom. The number of carbonyl (C=O) groups is 1. The Kier molecular flexibility index (Phi) is 6.54. The molecular formula is C20H21ClF3N3O3S. The van der Waals surface area contributed by atoms with E-state index < -0.39 is 27.7 Å². The minimum absolute atomic E-state index is 0.0310. The molecule has 2 aromatic rings. The number of sulfonamides is 1. The fourth-order valence-electron chi connectivity index (χ4n) is 3.31. The summed E-state index contributed by atoms with van der Waals surface area (Å²) >= 11 is 6.09. The first-order chi connectivity index (χ1) is 14.4. The molecule has 11 heteroatoms. The maximum Gasteiger partial charge on any atom is 0.416 e. The summed E-state index contributed by atoms with van der Waals surface area (Å²) in [5.41, 5.74) is -0.643. The molecule has 6 nitrogen and oxygen atoms in total. The third-order valence-electron chi connectivity index (χ3n) is 4.93. The molecule has 1 saturated heterocycles. The van der Waals surface area contributed by atoms with E-state index in [0.29, 0.717) is 18.8 Å². The zero-order valence-electron chi connectivity index (χ0n) is 16.8. The number of carbonyl (C=O) groups excluding carboxylic acids is 1. The highest BCUT2D eigenvalue weighted by atomic mass is 35.5. The van der Waals surface area contributed by atoms with Gasteiger partial charge in [0.15, 0.2) is 0 Å². The van der Waals surface area contributed by atoms with Crippen LogP contribution in [0.5, 0.6) is 0 Å². The second-order valence-electron chi connectivity index (χ2n) is 7.33. The number of halogens is 4. The minimum Gasteiger partial charge on any atom is -0.376 e. The molecule has 1 N–H and O–H groups in total. The molecule has 0 aliphatic carbocycles. The first-order valence-corrected chi connectivity index (χ1v) is 11.2. The molecular weight excluding hydrogens is 455 g/mol. The van der Waals surface area contributed by atoms with Crippen molar-refractivity contribution >= 4 is 38.9 Å². The summed E-state index contributed by atoms with van der Waals surface area (Å²) in [6.07, 6.45) is -3.11. The van der Waals surface area contributed by atoms with Gasteiger partial charge in [0.25, 0.3) is 5.91 Å². The van der Waals surface area contributed by atoms with Crippen LogP contribution < -0.4 is 10.2 Å². The summed E-state index contributed by atoms with van der Waals surface area (Å²) in [4.78, 5) is 14.1. The number of nitrogens with zero attached hydrogens (tertiary/aromatic N) is 2. The highest BCUT2D eigenvalue weighted by Crippen LogP contribution is 2.35. The zero-order valence-corrected chi connectivity index (χ0v) is 18.4. The van der Waals surface area contributed by atoms with Crippen molar-refractivity contribution in [3.63, 3.8) is 0 Å². The molecule has 0 spiro atoms. The van der Waals surface area contributed by atoms with Crippen LogP contribution in [-0.4, -0.2) is 45.8 Å². The minimum atomic E-state index is -4.58. The summed E-state index contributed by atoms with van der Waals surface area (Å²) in [5, 5.41) is 2.43. The second kappa shape index (κ2) is 8.68. The largest absolute Gasteiger partial charge is 0.416 e. The first kappa shape index (κ1) is 23.4. The van der Waals surface area contributed by atoms with Crippen molar-refractivity contribution < 1.29 is 26.4 Å². The van der Waals surface area contributed by atoms with Gasteiger partial charge in [-0.15, -0.1) is 0 Å². The van der Waals surface area contributed by atoms with E-state index in [1.165, 1.54) is 22.5 Å². The van der Waals surface area contributed by atoms with Crippen LogP contribution in [0.2, 0.25) is 5.02 Å². The lowest BCUT2D eigenvalue weighted by Crippen LogP contribution is -2.28. The van der Waals surface area contributed by atoms with Crippen LogP contribution in [0.15, 0.2) is 41.3 Å². The quantitative estimate of drug-likeness (QED) is 0.693. The van der Waals surface area contributed by atoms with E-state index in [1.54, 1.807) is 19.0 Å². The monoisotopic (exact) mass is 475 g/mol. The lowest BCUT2D eigenvalue weighted by atomic mass is 10.1. The maximum atomic E-state index is 13.1. The standard InChI is InChI=1S/C20H21ClF3N3O3S/c1-26(2)17-8-6-14(20(22,23)24)12-16(17)25-19(28)13-5-7-15(21)18(11-13)31(29,30)27-9-3-4-10-27/h5-8,11-12H,3-4,9-10H2,1-2H3,(H,25,28). The van der Waals surface area contributed by atoms with E-state index in [4.69, 9.17) is 11.6 Å². The molecule has 1 amide bonds. The SMILES string of the molecule is CN(C)c1ccc(C(F)(F)F)cc1NC(=O)c1ccc(Cl)c(S(=O)(=O)N2CCCC2)c1. The van der Waals surface area contributed by atoms with E-state index in [0.717, 1.165) is 31.0 Å². The average molecular weight is 476 g/mol. The maximum absolute atomic E-state index is 13.1. The third-order valence-corrected chi connectivity index (χ3v) is 7.31. The Labute approximate surface area is 183 Å². The topological polar surface area (TPSA) is 69.7 Å². The van der Waals surface area contributed by atoms with E-state index in [9.17, 15) is 26.4 Å². The molecule has 1 fully saturated rings. The molecule has 31 heavy (non-hydrogen) atoms. The smallest absolute Gasteiger partial charge is 0.376 e. The molecule has 168 valence electrons. The van der Waals surface area contributed by atoms with Gasteiger partial charge in [0, 0.05) is 32.7 Å². The van der Waals surface area contributed by atoms with Gasteiger partial charge in [-0.1, -0.05) is 11.6 Å². The molecule has 0 saturated carbocycles. The Hall–Kier alpha value is -2.30. The third kappa shape index (κ3) is 4.97. The number of hydrogen-bond donors (Lipinski definition) is 1. The van der Waals surface area contributed by atoms with Crippen molar-refractivity contribution in [2.75, 3.05) is 37.4 Å². The van der Waals surface area contributed by atoms with Crippen molar-refractivity contribution in [2.45, 2.75) is 23.9 Å². The van der Waals surface area contributed by atoms with Crippen LogP contribution in [0, 0.1) is 0 Å². The molecule has 1 heterocycles. The predicted octanol–water partition coefficient (Wildman–Crippen LogP) is 4.46. The fraction of sp³-hybridized carbons (Fsp3) is 0.350. The lowest BCUT2D eigenvalue weighted by Gasteiger charge is -2.20. The summed E-state index contributed by atoms with van der Waals surface area (Å²) < 4.78 is 66.4. The number of nitrogens with one attached hydrogen (secondary N) is 1. The van der Waals surface area contributed by atoms with Crippen LogP contribution in [0.25, 0.3) is 0 Å². The van der Waals surface area contributed by atoms with E-state index in [-0.39, 0.29) is 21.2 Å². The number of rotatable bonds is 5. The fourth-order valence-corrected chi connectivity index (χ4v) is 5.32. The summed E-state index contributed by atoms with van der Waals surface area (Å²) in [6.45, 7) is 0.733. The Morgan fingerprint density at radius 2 is 1.74 bits per heavy atom. The van der Waals surface area contributed by atoms with Gasteiger partial charge in [-0.05, 0) is 49.2 Å². The van der Waals surface area contributed by atoms with Gasteiger partial charge in [-0.3, -0.25) is 4.79 Å². The van der Waals surface area contributed by atoms with Crippen LogP contribution in [0.3, 0.4) is 0 Å². The zero-order chi connectivity index (χ0) is 23.0. The summed E-state index contributed by atoms with van der Waals surface area (Å²) in [5.74, 6) is -0.753. The van der Waals surface area contributed by atoms with Gasteiger partial charge in [0.05, 0.1) is 22.0 Å². The van der Waals surface area contributed by atoms with Crippen molar-refractivity contribution in [3.05, 3.63) is 52.5 Å². The molecule has 2 aromatic carbocycles. The predicted molar refractivity (Wildman–Crippen MR) is 113 cm³/mol. The van der Waals surface area contributed by atoms with E-state index in [1.807, 2.05) is 0 Å². The van der Waals surface area contributed by atoms with Crippen molar-refractivity contribution in [2.24, 2.45) is 0 Å².